The van der Waals surface area contributed by atoms with Crippen molar-refractivity contribution in [3.05, 3.63) is 107 Å². The minimum absolute atomic E-state index is 0.122. The highest BCUT2D eigenvalue weighted by Crippen LogP contribution is 2.28. The molecule has 1 amide bonds. The molecule has 0 saturated heterocycles. The highest BCUT2D eigenvalue weighted by molar-refractivity contribution is 5.96. The predicted octanol–water partition coefficient (Wildman–Crippen LogP) is 4.98. The number of hydrogen-bond donors (Lipinski definition) is 1. The first-order chi connectivity index (χ1) is 15.9. The zero-order valence-corrected chi connectivity index (χ0v) is 19.7. The first-order valence-electron chi connectivity index (χ1n) is 11.1. The van der Waals surface area contributed by atoms with E-state index in [1.165, 1.54) is 5.56 Å². The molecule has 0 spiro atoms. The molecule has 0 aliphatic carbocycles. The molecule has 0 saturated carbocycles. The molecule has 2 heterocycles. The van der Waals surface area contributed by atoms with E-state index < -0.39 is 6.04 Å². The molecule has 0 radical (unpaired) electrons. The summed E-state index contributed by atoms with van der Waals surface area (Å²) in [5, 5.41) is 3.21. The van der Waals surface area contributed by atoms with Crippen LogP contribution >= 0.6 is 0 Å². The summed E-state index contributed by atoms with van der Waals surface area (Å²) >= 11 is 0. The van der Waals surface area contributed by atoms with Crippen LogP contribution in [0.2, 0.25) is 0 Å². The van der Waals surface area contributed by atoms with Crippen molar-refractivity contribution in [2.24, 2.45) is 7.05 Å². The van der Waals surface area contributed by atoms with Crippen LogP contribution in [0.15, 0.2) is 73.1 Å². The quantitative estimate of drug-likeness (QED) is 0.439. The van der Waals surface area contributed by atoms with Crippen LogP contribution in [0, 0.1) is 13.8 Å². The first-order valence-corrected chi connectivity index (χ1v) is 11.1. The Morgan fingerprint density at radius 1 is 1.03 bits per heavy atom. The number of imidazole rings is 1. The van der Waals surface area contributed by atoms with Gasteiger partial charge in [0, 0.05) is 30.8 Å². The smallest absolute Gasteiger partial charge is 0.253 e. The highest BCUT2D eigenvalue weighted by Gasteiger charge is 2.25. The highest BCUT2D eigenvalue weighted by atomic mass is 16.5. The second kappa shape index (κ2) is 9.36. The van der Waals surface area contributed by atoms with E-state index in [9.17, 15) is 4.79 Å². The molecule has 170 valence electrons. The second-order valence-electron chi connectivity index (χ2n) is 8.32. The monoisotopic (exact) mass is 442 g/mol. The van der Waals surface area contributed by atoms with Gasteiger partial charge in [0.25, 0.3) is 5.91 Å². The fourth-order valence-corrected chi connectivity index (χ4v) is 4.47. The number of carbonyl (C=O) groups is 1. The topological polar surface area (TPSA) is 61.1 Å². The molecule has 2 unspecified atom stereocenters. The van der Waals surface area contributed by atoms with Gasteiger partial charge in [-0.1, -0.05) is 42.5 Å². The van der Waals surface area contributed by atoms with E-state index in [1.54, 1.807) is 13.3 Å². The van der Waals surface area contributed by atoms with Crippen LogP contribution in [0.1, 0.15) is 57.7 Å². The third kappa shape index (κ3) is 4.42. The molecule has 0 fully saturated rings. The SMILES string of the molecule is COc1cccc(C(NC(=O)c2cc(C)n(C(C)c3ccccc3)c2C)c2nccn2C)c1. The summed E-state index contributed by atoms with van der Waals surface area (Å²) in [4.78, 5) is 18.1. The maximum absolute atomic E-state index is 13.5. The van der Waals surface area contributed by atoms with Crippen molar-refractivity contribution in [1.29, 1.82) is 0 Å². The number of aryl methyl sites for hydroxylation is 2. The summed E-state index contributed by atoms with van der Waals surface area (Å²) in [7, 11) is 3.56. The van der Waals surface area contributed by atoms with E-state index in [-0.39, 0.29) is 11.9 Å². The Bertz CT molecular complexity index is 1260. The van der Waals surface area contributed by atoms with E-state index >= 15 is 0 Å². The van der Waals surface area contributed by atoms with Gasteiger partial charge in [-0.05, 0) is 50.1 Å². The Kier molecular flexibility index (Phi) is 6.36. The van der Waals surface area contributed by atoms with E-state index in [2.05, 4.69) is 33.9 Å². The number of benzene rings is 2. The first kappa shape index (κ1) is 22.4. The lowest BCUT2D eigenvalue weighted by molar-refractivity contribution is 0.0940. The molecule has 1 N–H and O–H groups in total. The van der Waals surface area contributed by atoms with Crippen molar-refractivity contribution >= 4 is 5.91 Å². The summed E-state index contributed by atoms with van der Waals surface area (Å²) in [6, 6.07) is 19.7. The van der Waals surface area contributed by atoms with Gasteiger partial charge in [-0.15, -0.1) is 0 Å². The zero-order chi connectivity index (χ0) is 23.5. The zero-order valence-electron chi connectivity index (χ0n) is 19.7. The molecule has 2 aromatic heterocycles. The molecule has 6 nitrogen and oxygen atoms in total. The number of ether oxygens (including phenoxy) is 1. The van der Waals surface area contributed by atoms with Gasteiger partial charge in [0.05, 0.1) is 18.7 Å². The molecule has 2 atom stereocenters. The van der Waals surface area contributed by atoms with Gasteiger partial charge in [0.15, 0.2) is 0 Å². The van der Waals surface area contributed by atoms with Crippen molar-refractivity contribution < 1.29 is 9.53 Å². The van der Waals surface area contributed by atoms with Gasteiger partial charge in [0.1, 0.15) is 17.6 Å². The molecule has 4 rings (SSSR count). The lowest BCUT2D eigenvalue weighted by Crippen LogP contribution is -2.31. The van der Waals surface area contributed by atoms with Crippen LogP contribution in [-0.4, -0.2) is 27.1 Å². The lowest BCUT2D eigenvalue weighted by Gasteiger charge is -2.21. The summed E-state index contributed by atoms with van der Waals surface area (Å²) in [6.07, 6.45) is 3.62. The van der Waals surface area contributed by atoms with Gasteiger partial charge in [0.2, 0.25) is 0 Å². The number of nitrogens with one attached hydrogen (secondary N) is 1. The maximum Gasteiger partial charge on any atom is 0.253 e. The van der Waals surface area contributed by atoms with Crippen molar-refractivity contribution in [1.82, 2.24) is 19.4 Å². The number of carbonyl (C=O) groups excluding carboxylic acids is 1. The molecule has 6 heteroatoms. The van der Waals surface area contributed by atoms with Crippen LogP contribution in [0.25, 0.3) is 0 Å². The second-order valence-corrected chi connectivity index (χ2v) is 8.32. The minimum Gasteiger partial charge on any atom is -0.497 e. The van der Waals surface area contributed by atoms with Crippen LogP contribution in [0.4, 0.5) is 0 Å². The molecule has 0 bridgehead atoms. The molecule has 2 aromatic carbocycles. The average Bonchev–Trinajstić information content (AvgIpc) is 3.39. The molecule has 4 aromatic rings. The summed E-state index contributed by atoms with van der Waals surface area (Å²) in [5.41, 5.74) is 4.75. The van der Waals surface area contributed by atoms with Crippen LogP contribution in [0.3, 0.4) is 0 Å². The van der Waals surface area contributed by atoms with Gasteiger partial charge < -0.3 is 19.2 Å². The van der Waals surface area contributed by atoms with E-state index in [1.807, 2.05) is 80.2 Å². The maximum atomic E-state index is 13.5. The van der Waals surface area contributed by atoms with Crippen molar-refractivity contribution in [2.75, 3.05) is 7.11 Å². The fraction of sp³-hybridized carbons (Fsp3) is 0.259. The number of aromatic nitrogens is 3. The summed E-state index contributed by atoms with van der Waals surface area (Å²) in [6.45, 7) is 6.20. The van der Waals surface area contributed by atoms with E-state index in [0.717, 1.165) is 28.5 Å². The van der Waals surface area contributed by atoms with Crippen molar-refractivity contribution in [3.63, 3.8) is 0 Å². The van der Waals surface area contributed by atoms with Crippen molar-refractivity contribution in [3.8, 4) is 5.75 Å². The standard InChI is InChI=1S/C27H30N4O2/c1-18-16-24(20(3)31(18)19(2)21-10-7-6-8-11-21)27(32)29-25(26-28-14-15-30(26)4)22-12-9-13-23(17-22)33-5/h6-17,19,25H,1-5H3,(H,29,32). The minimum atomic E-state index is -0.415. The number of nitrogens with zero attached hydrogens (tertiary/aromatic N) is 3. The third-order valence-electron chi connectivity index (χ3n) is 6.22. The van der Waals surface area contributed by atoms with Crippen LogP contribution in [-0.2, 0) is 7.05 Å². The Hall–Kier alpha value is -3.80. The molecular weight excluding hydrogens is 412 g/mol. The Morgan fingerprint density at radius 2 is 1.76 bits per heavy atom. The average molecular weight is 443 g/mol. The molecule has 0 aliphatic heterocycles. The number of rotatable bonds is 7. The van der Waals surface area contributed by atoms with Gasteiger partial charge in [-0.2, -0.15) is 0 Å². The largest absolute Gasteiger partial charge is 0.497 e. The molecule has 33 heavy (non-hydrogen) atoms. The van der Waals surface area contributed by atoms with Crippen LogP contribution in [0.5, 0.6) is 5.75 Å². The lowest BCUT2D eigenvalue weighted by atomic mass is 10.0. The summed E-state index contributed by atoms with van der Waals surface area (Å²) in [5.74, 6) is 1.35. The van der Waals surface area contributed by atoms with Crippen LogP contribution < -0.4 is 10.1 Å². The Balaban J connectivity index is 1.69. The molecular formula is C27H30N4O2. The summed E-state index contributed by atoms with van der Waals surface area (Å²) < 4.78 is 9.54. The number of methoxy groups -OCH3 is 1. The normalized spacial score (nSPS) is 12.9. The van der Waals surface area contributed by atoms with E-state index in [4.69, 9.17) is 4.74 Å². The molecule has 0 aliphatic rings. The van der Waals surface area contributed by atoms with Gasteiger partial charge >= 0.3 is 0 Å². The fourth-order valence-electron chi connectivity index (χ4n) is 4.47. The van der Waals surface area contributed by atoms with E-state index in [0.29, 0.717) is 5.56 Å². The van der Waals surface area contributed by atoms with Gasteiger partial charge in [-0.25, -0.2) is 4.98 Å². The number of amides is 1. The third-order valence-corrected chi connectivity index (χ3v) is 6.22. The Morgan fingerprint density at radius 3 is 2.42 bits per heavy atom. The predicted molar refractivity (Wildman–Crippen MR) is 130 cm³/mol. The number of hydrogen-bond acceptors (Lipinski definition) is 3. The Labute approximate surface area is 194 Å². The van der Waals surface area contributed by atoms with Crippen molar-refractivity contribution in [2.45, 2.75) is 32.9 Å². The van der Waals surface area contributed by atoms with Gasteiger partial charge in [-0.3, -0.25) is 4.79 Å².